The lowest BCUT2D eigenvalue weighted by molar-refractivity contribution is 0.475. The molecule has 0 aliphatic heterocycles. The van der Waals surface area contributed by atoms with Gasteiger partial charge in [-0.15, -0.1) is 0 Å². The minimum Gasteiger partial charge on any atom is -0.456 e. The number of rotatable bonds is 4. The molecule has 98 valence electrons. The summed E-state index contributed by atoms with van der Waals surface area (Å²) in [6, 6.07) is 11.9. The van der Waals surface area contributed by atoms with Crippen molar-refractivity contribution in [3.63, 3.8) is 0 Å². The minimum absolute atomic E-state index is 0.0120. The summed E-state index contributed by atoms with van der Waals surface area (Å²) in [6.07, 6.45) is 0.943. The fourth-order valence-corrected chi connectivity index (χ4v) is 1.77. The molecule has 0 saturated carbocycles. The van der Waals surface area contributed by atoms with E-state index < -0.39 is 5.82 Å². The van der Waals surface area contributed by atoms with E-state index in [1.165, 1.54) is 17.7 Å². The Morgan fingerprint density at radius 3 is 2.47 bits per heavy atom. The summed E-state index contributed by atoms with van der Waals surface area (Å²) < 4.78 is 19.2. The number of ether oxygens (including phenoxy) is 1. The van der Waals surface area contributed by atoms with Gasteiger partial charge in [-0.05, 0) is 36.2 Å². The van der Waals surface area contributed by atoms with Crippen molar-refractivity contribution in [2.75, 3.05) is 0 Å². The molecular weight excluding hydrogens is 243 g/mol. The number of halogens is 1. The van der Waals surface area contributed by atoms with Crippen molar-refractivity contribution in [2.24, 2.45) is 5.73 Å². The Morgan fingerprint density at radius 1 is 1.21 bits per heavy atom. The van der Waals surface area contributed by atoms with Crippen LogP contribution in [0.15, 0.2) is 42.5 Å². The third kappa shape index (κ3) is 2.91. The highest BCUT2D eigenvalue weighted by atomic mass is 19.1. The summed E-state index contributed by atoms with van der Waals surface area (Å²) in [5.41, 5.74) is 6.56. The summed E-state index contributed by atoms with van der Waals surface area (Å²) in [5, 5.41) is 7.40. The molecule has 0 spiro atoms. The van der Waals surface area contributed by atoms with Crippen LogP contribution < -0.4 is 10.5 Å². The van der Waals surface area contributed by atoms with E-state index in [4.69, 9.17) is 15.9 Å². The zero-order valence-electron chi connectivity index (χ0n) is 10.6. The zero-order chi connectivity index (χ0) is 13.8. The van der Waals surface area contributed by atoms with Crippen LogP contribution in [-0.2, 0) is 6.42 Å². The van der Waals surface area contributed by atoms with E-state index >= 15 is 0 Å². The topological polar surface area (TPSA) is 59.1 Å². The summed E-state index contributed by atoms with van der Waals surface area (Å²) in [7, 11) is 0. The van der Waals surface area contributed by atoms with E-state index in [-0.39, 0.29) is 17.1 Å². The van der Waals surface area contributed by atoms with Crippen LogP contribution in [0, 0.1) is 11.2 Å². The molecule has 0 atom stereocenters. The molecule has 0 bridgehead atoms. The summed E-state index contributed by atoms with van der Waals surface area (Å²) in [5.74, 6) is -0.0736. The highest BCUT2D eigenvalue weighted by molar-refractivity contribution is 5.98. The molecule has 0 aliphatic rings. The Morgan fingerprint density at radius 2 is 1.89 bits per heavy atom. The van der Waals surface area contributed by atoms with Gasteiger partial charge in [0.2, 0.25) is 0 Å². The van der Waals surface area contributed by atoms with Crippen molar-refractivity contribution in [1.82, 2.24) is 0 Å². The first-order chi connectivity index (χ1) is 9.11. The van der Waals surface area contributed by atoms with Gasteiger partial charge < -0.3 is 10.5 Å². The fraction of sp³-hybridized carbons (Fsp3) is 0.133. The van der Waals surface area contributed by atoms with Gasteiger partial charge in [-0.3, -0.25) is 5.41 Å². The van der Waals surface area contributed by atoms with Crippen LogP contribution in [0.2, 0.25) is 0 Å². The predicted octanol–water partition coefficient (Wildman–Crippen LogP) is 3.46. The molecule has 0 aromatic heterocycles. The van der Waals surface area contributed by atoms with Crippen LogP contribution in [0.1, 0.15) is 18.1 Å². The Labute approximate surface area is 111 Å². The predicted molar refractivity (Wildman–Crippen MR) is 73.3 cm³/mol. The van der Waals surface area contributed by atoms with Gasteiger partial charge in [-0.1, -0.05) is 25.1 Å². The van der Waals surface area contributed by atoms with E-state index in [0.717, 1.165) is 6.42 Å². The third-order valence-corrected chi connectivity index (χ3v) is 2.80. The fourth-order valence-electron chi connectivity index (χ4n) is 1.77. The van der Waals surface area contributed by atoms with Gasteiger partial charge in [0.25, 0.3) is 0 Å². The number of amidine groups is 1. The number of aryl methyl sites for hydroxylation is 1. The highest BCUT2D eigenvalue weighted by Gasteiger charge is 2.13. The first-order valence-electron chi connectivity index (χ1n) is 6.01. The molecule has 0 fully saturated rings. The van der Waals surface area contributed by atoms with E-state index in [1.807, 2.05) is 24.3 Å². The van der Waals surface area contributed by atoms with Crippen molar-refractivity contribution in [3.05, 3.63) is 59.4 Å². The number of hydrogen-bond donors (Lipinski definition) is 2. The standard InChI is InChI=1S/C15H15FN2O/c1-2-10-6-8-11(9-7-10)19-13-5-3-4-12(16)14(13)15(17)18/h3-9H,2H2,1H3,(H3,17,18). The normalized spacial score (nSPS) is 10.2. The number of hydrogen-bond acceptors (Lipinski definition) is 2. The second-order valence-electron chi connectivity index (χ2n) is 4.13. The van der Waals surface area contributed by atoms with Gasteiger partial charge in [0, 0.05) is 0 Å². The highest BCUT2D eigenvalue weighted by Crippen LogP contribution is 2.27. The molecular formula is C15H15FN2O. The van der Waals surface area contributed by atoms with E-state index in [0.29, 0.717) is 5.75 Å². The van der Waals surface area contributed by atoms with E-state index in [9.17, 15) is 4.39 Å². The lowest BCUT2D eigenvalue weighted by Gasteiger charge is -2.11. The molecule has 2 aromatic rings. The quantitative estimate of drug-likeness (QED) is 0.651. The van der Waals surface area contributed by atoms with Crippen molar-refractivity contribution in [3.8, 4) is 11.5 Å². The first-order valence-corrected chi connectivity index (χ1v) is 6.01. The Hall–Kier alpha value is -2.36. The average molecular weight is 258 g/mol. The summed E-state index contributed by atoms with van der Waals surface area (Å²) in [6.45, 7) is 2.07. The van der Waals surface area contributed by atoms with Crippen molar-refractivity contribution >= 4 is 5.84 Å². The van der Waals surface area contributed by atoms with Crippen LogP contribution in [0.5, 0.6) is 11.5 Å². The molecule has 2 rings (SSSR count). The molecule has 2 aromatic carbocycles. The zero-order valence-corrected chi connectivity index (χ0v) is 10.6. The Balaban J connectivity index is 2.32. The van der Waals surface area contributed by atoms with Crippen LogP contribution >= 0.6 is 0 Å². The van der Waals surface area contributed by atoms with Crippen LogP contribution in [0.25, 0.3) is 0 Å². The van der Waals surface area contributed by atoms with Crippen LogP contribution in [-0.4, -0.2) is 5.84 Å². The average Bonchev–Trinajstić information content (AvgIpc) is 2.39. The maximum Gasteiger partial charge on any atom is 0.141 e. The van der Waals surface area contributed by atoms with Crippen LogP contribution in [0.4, 0.5) is 4.39 Å². The molecule has 0 amide bonds. The van der Waals surface area contributed by atoms with E-state index in [2.05, 4.69) is 6.92 Å². The maximum atomic E-state index is 13.6. The van der Waals surface area contributed by atoms with Gasteiger partial charge in [0.05, 0.1) is 5.56 Å². The Kier molecular flexibility index (Phi) is 3.80. The van der Waals surface area contributed by atoms with Crippen molar-refractivity contribution < 1.29 is 9.13 Å². The molecule has 0 heterocycles. The lowest BCUT2D eigenvalue weighted by Crippen LogP contribution is -2.14. The summed E-state index contributed by atoms with van der Waals surface area (Å²) >= 11 is 0. The number of nitrogens with two attached hydrogens (primary N) is 1. The first kappa shape index (κ1) is 13.1. The second-order valence-corrected chi connectivity index (χ2v) is 4.13. The number of benzene rings is 2. The summed E-state index contributed by atoms with van der Waals surface area (Å²) in [4.78, 5) is 0. The molecule has 0 saturated heterocycles. The van der Waals surface area contributed by atoms with Gasteiger partial charge >= 0.3 is 0 Å². The molecule has 19 heavy (non-hydrogen) atoms. The van der Waals surface area contributed by atoms with Gasteiger partial charge in [-0.2, -0.15) is 0 Å². The lowest BCUT2D eigenvalue weighted by atomic mass is 10.1. The van der Waals surface area contributed by atoms with Gasteiger partial charge in [-0.25, -0.2) is 4.39 Å². The van der Waals surface area contributed by atoms with E-state index in [1.54, 1.807) is 6.07 Å². The number of nitrogens with one attached hydrogen (secondary N) is 1. The molecule has 4 heteroatoms. The van der Waals surface area contributed by atoms with Crippen LogP contribution in [0.3, 0.4) is 0 Å². The molecule has 0 radical (unpaired) electrons. The Bertz CT molecular complexity index is 594. The largest absolute Gasteiger partial charge is 0.456 e. The van der Waals surface area contributed by atoms with Crippen molar-refractivity contribution in [1.29, 1.82) is 5.41 Å². The molecule has 0 unspecified atom stereocenters. The SMILES string of the molecule is CCc1ccc(Oc2cccc(F)c2C(=N)N)cc1. The monoisotopic (exact) mass is 258 g/mol. The van der Waals surface area contributed by atoms with Gasteiger partial charge in [0.15, 0.2) is 0 Å². The molecule has 3 nitrogen and oxygen atoms in total. The minimum atomic E-state index is -0.560. The number of nitrogen functional groups attached to an aromatic ring is 1. The van der Waals surface area contributed by atoms with Gasteiger partial charge in [0.1, 0.15) is 23.2 Å². The third-order valence-electron chi connectivity index (χ3n) is 2.80. The maximum absolute atomic E-state index is 13.6. The smallest absolute Gasteiger partial charge is 0.141 e. The van der Waals surface area contributed by atoms with Crippen molar-refractivity contribution in [2.45, 2.75) is 13.3 Å². The second kappa shape index (κ2) is 5.52. The molecule has 0 aliphatic carbocycles. The molecule has 3 N–H and O–H groups in total.